The van der Waals surface area contributed by atoms with Crippen molar-refractivity contribution in [1.82, 2.24) is 4.98 Å². The maximum Gasteiger partial charge on any atom is 0.237 e. The Morgan fingerprint density at radius 1 is 1.19 bits per heavy atom. The van der Waals surface area contributed by atoms with E-state index in [1.807, 2.05) is 13.8 Å². The number of pyridine rings is 1. The molecule has 0 unspecified atom stereocenters. The molecule has 26 heavy (non-hydrogen) atoms. The van der Waals surface area contributed by atoms with E-state index in [9.17, 15) is 8.42 Å². The van der Waals surface area contributed by atoms with E-state index in [-0.39, 0.29) is 17.4 Å². The molecule has 138 valence electrons. The molecule has 3 rings (SSSR count). The summed E-state index contributed by atoms with van der Waals surface area (Å²) in [5.74, 6) is 0.802. The minimum absolute atomic E-state index is 0.234. The first-order valence-corrected chi connectivity index (χ1v) is 10.4. The second-order valence-electron chi connectivity index (χ2n) is 6.44. The fraction of sp³-hybridized carbons (Fsp3) is 0.278. The van der Waals surface area contributed by atoms with Crippen molar-refractivity contribution < 1.29 is 17.9 Å². The summed E-state index contributed by atoms with van der Waals surface area (Å²) in [5, 5.41) is 0.706. The second-order valence-corrected chi connectivity index (χ2v) is 9.30. The Hall–Kier alpha value is -1.60. The molecule has 1 aliphatic heterocycles. The Kier molecular flexibility index (Phi) is 5.05. The van der Waals surface area contributed by atoms with Crippen molar-refractivity contribution in [3.63, 3.8) is 0 Å². The highest BCUT2D eigenvalue weighted by Gasteiger charge is 2.36. The quantitative estimate of drug-likeness (QED) is 0.743. The average molecular weight is 414 g/mol. The molecule has 0 atom stereocenters. The van der Waals surface area contributed by atoms with Crippen LogP contribution in [-0.4, -0.2) is 31.9 Å². The van der Waals surface area contributed by atoms with Gasteiger partial charge < -0.3 is 9.47 Å². The molecule has 0 aliphatic carbocycles. The van der Waals surface area contributed by atoms with Crippen LogP contribution in [0.15, 0.2) is 47.2 Å². The summed E-state index contributed by atoms with van der Waals surface area (Å²) in [6.45, 7) is 4.08. The van der Waals surface area contributed by atoms with Crippen LogP contribution >= 0.6 is 23.2 Å². The van der Waals surface area contributed by atoms with Gasteiger partial charge in [0.05, 0.1) is 15.5 Å². The number of nitrogens with zero attached hydrogens (tertiary/aromatic N) is 1. The summed E-state index contributed by atoms with van der Waals surface area (Å²) in [4.78, 5) is 4.36. The highest BCUT2D eigenvalue weighted by atomic mass is 35.5. The number of ether oxygens (including phenoxy) is 2. The minimum atomic E-state index is -3.26. The predicted molar refractivity (Wildman–Crippen MR) is 101 cm³/mol. The van der Waals surface area contributed by atoms with Crippen molar-refractivity contribution in [2.45, 2.75) is 24.3 Å². The first-order valence-electron chi connectivity index (χ1n) is 7.75. The fourth-order valence-electron chi connectivity index (χ4n) is 2.78. The lowest BCUT2D eigenvalue weighted by molar-refractivity contribution is 0.0542. The van der Waals surface area contributed by atoms with E-state index in [0.29, 0.717) is 15.8 Å². The van der Waals surface area contributed by atoms with Gasteiger partial charge in [0.2, 0.25) is 5.88 Å². The van der Waals surface area contributed by atoms with Crippen molar-refractivity contribution >= 4 is 38.6 Å². The molecule has 1 aromatic heterocycles. The summed E-state index contributed by atoms with van der Waals surface area (Å²) >= 11 is 12.0. The van der Waals surface area contributed by atoms with Gasteiger partial charge in [-0.2, -0.15) is 0 Å². The Morgan fingerprint density at radius 2 is 1.85 bits per heavy atom. The van der Waals surface area contributed by atoms with Crippen LogP contribution < -0.4 is 4.74 Å². The second kappa shape index (κ2) is 6.85. The third-order valence-electron chi connectivity index (χ3n) is 4.01. The molecule has 8 heteroatoms. The van der Waals surface area contributed by atoms with Gasteiger partial charge in [-0.3, -0.25) is 0 Å². The van der Waals surface area contributed by atoms with Gasteiger partial charge in [-0.1, -0.05) is 35.3 Å². The van der Waals surface area contributed by atoms with Crippen molar-refractivity contribution in [1.29, 1.82) is 0 Å². The zero-order valence-corrected chi connectivity index (χ0v) is 16.7. The zero-order chi connectivity index (χ0) is 19.1. The van der Waals surface area contributed by atoms with Crippen LogP contribution in [-0.2, 0) is 14.6 Å². The van der Waals surface area contributed by atoms with Gasteiger partial charge in [-0.15, -0.1) is 0 Å². The predicted octanol–water partition coefficient (Wildman–Crippen LogP) is 4.39. The lowest BCUT2D eigenvalue weighted by atomic mass is 9.92. The molecule has 0 radical (unpaired) electrons. The smallest absolute Gasteiger partial charge is 0.237 e. The molecule has 0 amide bonds. The van der Waals surface area contributed by atoms with Crippen LogP contribution in [0.25, 0.3) is 5.57 Å². The van der Waals surface area contributed by atoms with E-state index in [1.165, 1.54) is 12.5 Å². The standard InChI is InChI=1S/C18H17Cl2NO4S/c1-18(2)16(11-4-6-13(7-5-11)26(3,22)23)15(10-24-18)25-17-14(20)8-12(19)9-21-17/h4-9H,10H2,1-3H3. The molecule has 1 aliphatic rings. The van der Waals surface area contributed by atoms with Gasteiger partial charge in [0.15, 0.2) is 9.84 Å². The molecule has 2 heterocycles. The van der Waals surface area contributed by atoms with Crippen molar-refractivity contribution in [3.05, 3.63) is 57.9 Å². The number of halogens is 2. The molecular formula is C18H17Cl2NO4S. The Balaban J connectivity index is 2.03. The molecule has 0 spiro atoms. The third kappa shape index (κ3) is 3.88. The molecule has 0 saturated heterocycles. The van der Waals surface area contributed by atoms with E-state index in [1.54, 1.807) is 30.3 Å². The van der Waals surface area contributed by atoms with Crippen LogP contribution in [0.5, 0.6) is 5.88 Å². The van der Waals surface area contributed by atoms with Gasteiger partial charge in [-0.25, -0.2) is 13.4 Å². The minimum Gasteiger partial charge on any atom is -0.439 e. The molecule has 5 nitrogen and oxygen atoms in total. The van der Waals surface area contributed by atoms with E-state index >= 15 is 0 Å². The average Bonchev–Trinajstić information content (AvgIpc) is 2.84. The van der Waals surface area contributed by atoms with Gasteiger partial charge in [0.1, 0.15) is 17.4 Å². The Bertz CT molecular complexity index is 983. The maximum atomic E-state index is 11.7. The van der Waals surface area contributed by atoms with E-state index < -0.39 is 15.4 Å². The molecule has 1 aromatic carbocycles. The van der Waals surface area contributed by atoms with Gasteiger partial charge in [-0.05, 0) is 37.6 Å². The number of rotatable bonds is 4. The third-order valence-corrected chi connectivity index (χ3v) is 5.62. The summed E-state index contributed by atoms with van der Waals surface area (Å²) in [5.41, 5.74) is 1.01. The van der Waals surface area contributed by atoms with E-state index in [2.05, 4.69) is 4.98 Å². The van der Waals surface area contributed by atoms with Crippen LogP contribution in [0.2, 0.25) is 10.0 Å². The van der Waals surface area contributed by atoms with Crippen molar-refractivity contribution in [2.24, 2.45) is 0 Å². The highest BCUT2D eigenvalue weighted by Crippen LogP contribution is 2.40. The van der Waals surface area contributed by atoms with Crippen molar-refractivity contribution in [3.8, 4) is 5.88 Å². The number of hydrogen-bond acceptors (Lipinski definition) is 5. The normalized spacial score (nSPS) is 16.8. The lowest BCUT2D eigenvalue weighted by Gasteiger charge is -2.22. The van der Waals surface area contributed by atoms with Crippen LogP contribution in [0.1, 0.15) is 19.4 Å². The lowest BCUT2D eigenvalue weighted by Crippen LogP contribution is -2.21. The Labute approximate surface area is 162 Å². The Morgan fingerprint density at radius 3 is 2.42 bits per heavy atom. The molecular weight excluding hydrogens is 397 g/mol. The first kappa shape index (κ1) is 19.2. The molecule has 0 fully saturated rings. The fourth-order valence-corrected chi connectivity index (χ4v) is 3.83. The van der Waals surface area contributed by atoms with Gasteiger partial charge in [0.25, 0.3) is 0 Å². The summed E-state index contributed by atoms with van der Waals surface area (Å²) in [6, 6.07) is 8.16. The summed E-state index contributed by atoms with van der Waals surface area (Å²) < 4.78 is 35.1. The maximum absolute atomic E-state index is 11.7. The monoisotopic (exact) mass is 413 g/mol. The summed E-state index contributed by atoms with van der Waals surface area (Å²) in [7, 11) is -3.26. The van der Waals surface area contributed by atoms with Gasteiger partial charge in [0, 0.05) is 18.0 Å². The molecule has 0 N–H and O–H groups in total. The number of sulfone groups is 1. The van der Waals surface area contributed by atoms with Crippen LogP contribution in [0.4, 0.5) is 0 Å². The first-order chi connectivity index (χ1) is 12.1. The van der Waals surface area contributed by atoms with Crippen LogP contribution in [0.3, 0.4) is 0 Å². The number of aromatic nitrogens is 1. The molecule has 2 aromatic rings. The van der Waals surface area contributed by atoms with Gasteiger partial charge >= 0.3 is 0 Å². The highest BCUT2D eigenvalue weighted by molar-refractivity contribution is 7.90. The number of hydrogen-bond donors (Lipinski definition) is 0. The van der Waals surface area contributed by atoms with E-state index in [4.69, 9.17) is 32.7 Å². The van der Waals surface area contributed by atoms with Crippen LogP contribution in [0, 0.1) is 0 Å². The zero-order valence-electron chi connectivity index (χ0n) is 14.4. The SMILES string of the molecule is CC1(C)OCC(Oc2ncc(Cl)cc2Cl)=C1c1ccc(S(C)(=O)=O)cc1. The molecule has 0 bridgehead atoms. The van der Waals surface area contributed by atoms with E-state index in [0.717, 1.165) is 11.1 Å². The summed E-state index contributed by atoms with van der Waals surface area (Å²) in [6.07, 6.45) is 2.62. The van der Waals surface area contributed by atoms with Crippen molar-refractivity contribution in [2.75, 3.05) is 12.9 Å². The topological polar surface area (TPSA) is 65.5 Å². The number of benzene rings is 1. The largest absolute Gasteiger partial charge is 0.439 e. The molecule has 0 saturated carbocycles.